The molecular weight excluding hydrogens is 615 g/mol. The molecule has 47 heavy (non-hydrogen) atoms. The fourth-order valence-corrected chi connectivity index (χ4v) is 6.06. The Balaban J connectivity index is 0.0000110. The minimum absolute atomic E-state index is 0. The first-order valence-corrected chi connectivity index (χ1v) is 19.6. The maximum absolute atomic E-state index is 4.70. The first-order chi connectivity index (χ1) is 22.9. The molecule has 3 heteroatoms. The molecule has 2 nitrogen and oxygen atoms in total. The second-order valence-corrected chi connectivity index (χ2v) is 13.3. The molecule has 0 N–H and O–H groups in total. The Labute approximate surface area is 301 Å². The van der Waals surface area contributed by atoms with Crippen LogP contribution in [0.3, 0.4) is 0 Å². The van der Waals surface area contributed by atoms with Crippen LogP contribution >= 0.6 is 0 Å². The van der Waals surface area contributed by atoms with Crippen molar-refractivity contribution in [2.45, 2.75) is 180 Å². The number of unbranched alkanes of at least 4 members (excludes halogenated alkanes) is 26. The minimum atomic E-state index is 0. The smallest absolute Gasteiger partial charge is 0.132 e. The van der Waals surface area contributed by atoms with Gasteiger partial charge in [-0.05, 0) is 36.6 Å². The molecular formula is C44H68N2Ni. The van der Waals surface area contributed by atoms with Crippen LogP contribution in [0.25, 0.3) is 0 Å². The van der Waals surface area contributed by atoms with Crippen molar-refractivity contribution in [2.24, 2.45) is 9.98 Å². The fourth-order valence-electron chi connectivity index (χ4n) is 6.06. The summed E-state index contributed by atoms with van der Waals surface area (Å²) in [6, 6.07) is 20.0. The second-order valence-electron chi connectivity index (χ2n) is 13.3. The molecule has 2 rings (SSSR count). The van der Waals surface area contributed by atoms with Crippen LogP contribution in [-0.2, 0) is 16.5 Å². The minimum Gasteiger partial charge on any atom is -0.254 e. The molecule has 264 valence electrons. The predicted molar refractivity (Wildman–Crippen MR) is 206 cm³/mol. The molecule has 0 atom stereocenters. The molecule has 0 saturated heterocycles. The van der Waals surface area contributed by atoms with Crippen molar-refractivity contribution in [1.29, 1.82) is 0 Å². The van der Waals surface area contributed by atoms with Crippen LogP contribution in [0.4, 0.5) is 11.4 Å². The summed E-state index contributed by atoms with van der Waals surface area (Å²) >= 11 is 0. The zero-order chi connectivity index (χ0) is 32.4. The van der Waals surface area contributed by atoms with Crippen molar-refractivity contribution in [1.82, 2.24) is 0 Å². The number of hydrogen-bond donors (Lipinski definition) is 0. The fraction of sp³-hybridized carbons (Fsp3) is 0.636. The molecule has 0 aliphatic rings. The van der Waals surface area contributed by atoms with E-state index in [1.807, 2.05) is 60.7 Å². The third-order valence-corrected chi connectivity index (χ3v) is 8.97. The first-order valence-electron chi connectivity index (χ1n) is 19.6. The maximum Gasteiger partial charge on any atom is 0.132 e. The summed E-state index contributed by atoms with van der Waals surface area (Å²) in [5, 5.41) is 0. The van der Waals surface area contributed by atoms with E-state index in [1.54, 1.807) is 6.21 Å². The number of hydrogen-bond acceptors (Lipinski definition) is 2. The van der Waals surface area contributed by atoms with Crippen LogP contribution in [0, 0.1) is 11.8 Å². The molecule has 0 fully saturated rings. The van der Waals surface area contributed by atoms with E-state index < -0.39 is 0 Å². The molecule has 0 spiro atoms. The van der Waals surface area contributed by atoms with Crippen LogP contribution in [0.1, 0.15) is 180 Å². The predicted octanol–water partition coefficient (Wildman–Crippen LogP) is 14.7. The van der Waals surface area contributed by atoms with Crippen molar-refractivity contribution in [3.63, 3.8) is 0 Å². The number of para-hydroxylation sites is 2. The zero-order valence-corrected chi connectivity index (χ0v) is 31.1. The molecule has 2 aromatic rings. The average molecular weight is 684 g/mol. The van der Waals surface area contributed by atoms with E-state index in [2.05, 4.69) is 23.8 Å². The van der Waals surface area contributed by atoms with Gasteiger partial charge < -0.3 is 0 Å². The summed E-state index contributed by atoms with van der Waals surface area (Å²) in [6.45, 7) is 2.30. The van der Waals surface area contributed by atoms with E-state index in [-0.39, 0.29) is 16.5 Å². The molecule has 0 aromatic heterocycles. The van der Waals surface area contributed by atoms with Gasteiger partial charge in [0.2, 0.25) is 0 Å². The van der Waals surface area contributed by atoms with Gasteiger partial charge in [-0.15, -0.1) is 0 Å². The first kappa shape index (κ1) is 42.9. The Hall–Kier alpha value is -2.17. The Kier molecular flexibility index (Phi) is 30.8. The SMILES string of the molecule is CCCCCCCCCCCCCCCCCCCCCCCCCCCCC#CC(C=Nc1ccccc1)=Nc1ccccc1.[Ni]. The van der Waals surface area contributed by atoms with Crippen LogP contribution < -0.4 is 0 Å². The Morgan fingerprint density at radius 3 is 1.19 bits per heavy atom. The van der Waals surface area contributed by atoms with E-state index in [0.717, 1.165) is 17.8 Å². The summed E-state index contributed by atoms with van der Waals surface area (Å²) in [5.41, 5.74) is 2.54. The van der Waals surface area contributed by atoms with Crippen LogP contribution in [0.5, 0.6) is 0 Å². The number of nitrogens with zero attached hydrogens (tertiary/aromatic N) is 2. The van der Waals surface area contributed by atoms with Gasteiger partial charge in [-0.25, -0.2) is 4.99 Å². The summed E-state index contributed by atoms with van der Waals surface area (Å²) in [7, 11) is 0. The average Bonchev–Trinajstić information content (AvgIpc) is 3.09. The summed E-state index contributed by atoms with van der Waals surface area (Å²) in [5.74, 6) is 6.60. The van der Waals surface area contributed by atoms with Gasteiger partial charge >= 0.3 is 0 Å². The number of aliphatic imine (C=N–C) groups is 2. The Bertz CT molecular complexity index is 1050. The van der Waals surface area contributed by atoms with Crippen molar-refractivity contribution >= 4 is 23.3 Å². The van der Waals surface area contributed by atoms with Crippen molar-refractivity contribution in [3.05, 3.63) is 60.7 Å². The zero-order valence-electron chi connectivity index (χ0n) is 30.2. The van der Waals surface area contributed by atoms with Crippen LogP contribution in [0.2, 0.25) is 0 Å². The topological polar surface area (TPSA) is 24.7 Å². The van der Waals surface area contributed by atoms with Crippen molar-refractivity contribution in [2.75, 3.05) is 0 Å². The molecule has 0 bridgehead atoms. The van der Waals surface area contributed by atoms with E-state index in [9.17, 15) is 0 Å². The summed E-state index contributed by atoms with van der Waals surface area (Å²) < 4.78 is 0. The van der Waals surface area contributed by atoms with Crippen LogP contribution in [0.15, 0.2) is 70.6 Å². The van der Waals surface area contributed by atoms with E-state index in [1.165, 1.54) is 167 Å². The maximum atomic E-state index is 4.70. The second kappa shape index (κ2) is 33.7. The van der Waals surface area contributed by atoms with Gasteiger partial charge in [0.1, 0.15) is 5.71 Å². The van der Waals surface area contributed by atoms with Gasteiger partial charge in [-0.3, -0.25) is 4.99 Å². The largest absolute Gasteiger partial charge is 0.254 e. The van der Waals surface area contributed by atoms with Crippen LogP contribution in [-0.4, -0.2) is 11.9 Å². The van der Waals surface area contributed by atoms with Gasteiger partial charge in [-0.2, -0.15) is 0 Å². The van der Waals surface area contributed by atoms with Crippen molar-refractivity contribution in [3.8, 4) is 11.8 Å². The van der Waals surface area contributed by atoms with Gasteiger partial charge in [0.25, 0.3) is 0 Å². The molecule has 0 unspecified atom stereocenters. The molecule has 0 aliphatic heterocycles. The molecule has 0 aliphatic carbocycles. The summed E-state index contributed by atoms with van der Waals surface area (Å²) in [4.78, 5) is 9.26. The Morgan fingerprint density at radius 2 is 0.809 bits per heavy atom. The third kappa shape index (κ3) is 27.5. The summed E-state index contributed by atoms with van der Waals surface area (Å²) in [6.07, 6.45) is 39.8. The van der Waals surface area contributed by atoms with E-state index >= 15 is 0 Å². The van der Waals surface area contributed by atoms with Gasteiger partial charge in [0.15, 0.2) is 0 Å². The molecule has 0 heterocycles. The standard InChI is InChI=1S/C44H68N2.Ni/c1-2-3-4-5-6-7-8-9-10-11-12-13-14-15-16-17-18-19-20-21-22-23-24-25-26-27-28-31-40-44(46-43-38-34-30-35-39-43)41-45-42-36-32-29-33-37-42;/h29-30,32-39,41H,2-28H2,1H3;. The molecule has 2 aromatic carbocycles. The van der Waals surface area contributed by atoms with Gasteiger partial charge in [-0.1, -0.05) is 210 Å². The quantitative estimate of drug-likeness (QED) is 0.0353. The molecule has 0 saturated carbocycles. The number of rotatable bonds is 29. The molecule has 0 amide bonds. The van der Waals surface area contributed by atoms with E-state index in [0.29, 0.717) is 5.71 Å². The monoisotopic (exact) mass is 682 g/mol. The van der Waals surface area contributed by atoms with Gasteiger partial charge in [0.05, 0.1) is 17.6 Å². The number of benzene rings is 2. The third-order valence-electron chi connectivity index (χ3n) is 8.97. The van der Waals surface area contributed by atoms with Gasteiger partial charge in [0, 0.05) is 22.9 Å². The normalized spacial score (nSPS) is 11.4. The van der Waals surface area contributed by atoms with E-state index in [4.69, 9.17) is 4.99 Å². The molecule has 0 radical (unpaired) electrons. The Morgan fingerprint density at radius 1 is 0.468 bits per heavy atom. The van der Waals surface area contributed by atoms with Crippen molar-refractivity contribution < 1.29 is 16.5 Å².